The quantitative estimate of drug-likeness (QED) is 0.391. The van der Waals surface area contributed by atoms with Crippen molar-refractivity contribution in [1.29, 1.82) is 0 Å². The first-order valence-electron chi connectivity index (χ1n) is 11.0. The smallest absolute Gasteiger partial charge is 0.0278 e. The van der Waals surface area contributed by atoms with Crippen LogP contribution in [0.2, 0.25) is 0 Å². The van der Waals surface area contributed by atoms with Crippen LogP contribution in [0.5, 0.6) is 0 Å². The second kappa shape index (κ2) is 11.9. The lowest BCUT2D eigenvalue weighted by Gasteiger charge is -2.38. The summed E-state index contributed by atoms with van der Waals surface area (Å²) in [5.74, 6) is 3.07. The molecule has 25 heavy (non-hydrogen) atoms. The lowest BCUT2D eigenvalue weighted by Crippen LogP contribution is -2.42. The zero-order valence-electron chi connectivity index (χ0n) is 18.0. The highest BCUT2D eigenvalue weighted by Gasteiger charge is 2.31. The van der Waals surface area contributed by atoms with Gasteiger partial charge in [0.1, 0.15) is 0 Å². The Morgan fingerprint density at radius 1 is 1.24 bits per heavy atom. The molecular weight excluding hydrogens is 302 g/mol. The first kappa shape index (κ1) is 22.5. The van der Waals surface area contributed by atoms with Crippen LogP contribution in [-0.2, 0) is 0 Å². The number of rotatable bonds is 11. The Balaban J connectivity index is 2.68. The molecule has 1 N–H and O–H groups in total. The van der Waals surface area contributed by atoms with Gasteiger partial charge in [0.2, 0.25) is 0 Å². The molecule has 0 heterocycles. The number of allylic oxidation sites excluding steroid dienone is 2. The Morgan fingerprint density at radius 3 is 2.52 bits per heavy atom. The average Bonchev–Trinajstić information content (AvgIpc) is 2.63. The predicted molar refractivity (Wildman–Crippen MR) is 114 cm³/mol. The van der Waals surface area contributed by atoms with Gasteiger partial charge in [0.05, 0.1) is 0 Å². The average molecular weight is 348 g/mol. The second-order valence-electron chi connectivity index (χ2n) is 8.57. The minimum Gasteiger partial charge on any atom is -0.308 e. The summed E-state index contributed by atoms with van der Waals surface area (Å²) >= 11 is 0. The minimum absolute atomic E-state index is 0.430. The van der Waals surface area contributed by atoms with Gasteiger partial charge in [-0.25, -0.2) is 0 Å². The van der Waals surface area contributed by atoms with Gasteiger partial charge >= 0.3 is 0 Å². The van der Waals surface area contributed by atoms with Crippen LogP contribution in [0.15, 0.2) is 24.3 Å². The molecule has 1 rings (SSSR count). The van der Waals surface area contributed by atoms with Crippen molar-refractivity contribution < 1.29 is 0 Å². The Morgan fingerprint density at radius 2 is 1.96 bits per heavy atom. The minimum atomic E-state index is 0.430. The molecular formula is C24H45N. The van der Waals surface area contributed by atoms with E-state index < -0.39 is 0 Å². The Hall–Kier alpha value is -0.560. The monoisotopic (exact) mass is 347 g/mol. The van der Waals surface area contributed by atoms with Crippen molar-refractivity contribution in [2.24, 2.45) is 23.7 Å². The standard InChI is InChI=1S/C24H45N/c1-8-12-14-19(6)25-24(11-4)20(7)18(5)17-23-21(9-2)15-13-16-22(23)10-3/h9,11,18-20,22-25H,4,8,10,12-17H2,1-3,5-7H3/b21-9+. The van der Waals surface area contributed by atoms with E-state index >= 15 is 0 Å². The summed E-state index contributed by atoms with van der Waals surface area (Å²) in [5.41, 5.74) is 1.73. The third-order valence-corrected chi connectivity index (χ3v) is 6.79. The Bertz CT molecular complexity index is 397. The van der Waals surface area contributed by atoms with Crippen LogP contribution in [0.4, 0.5) is 0 Å². The van der Waals surface area contributed by atoms with Crippen LogP contribution in [0.25, 0.3) is 0 Å². The number of hydrogen-bond acceptors (Lipinski definition) is 1. The SMILES string of the molecule is C=CC(NC(C)CCCC)C(C)C(C)CC1/C(=C/C)CCCC1CC. The van der Waals surface area contributed by atoms with Crippen LogP contribution in [0.1, 0.15) is 92.9 Å². The Labute approximate surface area is 158 Å². The maximum absolute atomic E-state index is 4.13. The molecule has 0 bridgehead atoms. The third kappa shape index (κ3) is 6.93. The van der Waals surface area contributed by atoms with Gasteiger partial charge < -0.3 is 5.32 Å². The highest BCUT2D eigenvalue weighted by Crippen LogP contribution is 2.41. The van der Waals surface area contributed by atoms with E-state index in [2.05, 4.69) is 65.6 Å². The molecule has 0 amide bonds. The van der Waals surface area contributed by atoms with E-state index in [-0.39, 0.29) is 0 Å². The van der Waals surface area contributed by atoms with E-state index in [0.29, 0.717) is 18.0 Å². The van der Waals surface area contributed by atoms with Gasteiger partial charge in [0.25, 0.3) is 0 Å². The predicted octanol–water partition coefficient (Wildman–Crippen LogP) is 7.14. The fourth-order valence-corrected chi connectivity index (χ4v) is 4.77. The summed E-state index contributed by atoms with van der Waals surface area (Å²) in [4.78, 5) is 0. The van der Waals surface area contributed by atoms with Crippen molar-refractivity contribution in [3.8, 4) is 0 Å². The number of unbranched alkanes of at least 4 members (excludes halogenated alkanes) is 1. The van der Waals surface area contributed by atoms with Crippen LogP contribution < -0.4 is 5.32 Å². The van der Waals surface area contributed by atoms with E-state index in [0.717, 1.165) is 17.8 Å². The molecule has 0 radical (unpaired) electrons. The first-order valence-corrected chi connectivity index (χ1v) is 11.0. The van der Waals surface area contributed by atoms with E-state index in [4.69, 9.17) is 0 Å². The second-order valence-corrected chi connectivity index (χ2v) is 8.57. The molecule has 0 aromatic carbocycles. The number of nitrogens with one attached hydrogen (secondary N) is 1. The number of hydrogen-bond donors (Lipinski definition) is 1. The van der Waals surface area contributed by atoms with Gasteiger partial charge in [0, 0.05) is 12.1 Å². The fraction of sp³-hybridized carbons (Fsp3) is 0.833. The van der Waals surface area contributed by atoms with Crippen molar-refractivity contribution in [3.63, 3.8) is 0 Å². The van der Waals surface area contributed by atoms with Crippen molar-refractivity contribution >= 4 is 0 Å². The maximum Gasteiger partial charge on any atom is 0.0278 e. The molecule has 1 aliphatic rings. The summed E-state index contributed by atoms with van der Waals surface area (Å²) < 4.78 is 0. The van der Waals surface area contributed by atoms with Gasteiger partial charge in [-0.2, -0.15) is 0 Å². The largest absolute Gasteiger partial charge is 0.308 e. The van der Waals surface area contributed by atoms with Gasteiger partial charge in [-0.1, -0.05) is 64.7 Å². The van der Waals surface area contributed by atoms with Gasteiger partial charge in [-0.3, -0.25) is 0 Å². The molecule has 6 unspecified atom stereocenters. The van der Waals surface area contributed by atoms with Gasteiger partial charge in [-0.05, 0) is 69.6 Å². The lowest BCUT2D eigenvalue weighted by atomic mass is 9.69. The van der Waals surface area contributed by atoms with Crippen molar-refractivity contribution in [2.75, 3.05) is 0 Å². The molecule has 1 fully saturated rings. The summed E-state index contributed by atoms with van der Waals surface area (Å²) in [5, 5.41) is 3.84. The van der Waals surface area contributed by atoms with Crippen molar-refractivity contribution in [3.05, 3.63) is 24.3 Å². The molecule has 0 aliphatic heterocycles. The highest BCUT2D eigenvalue weighted by atomic mass is 14.9. The maximum atomic E-state index is 4.13. The molecule has 0 spiro atoms. The van der Waals surface area contributed by atoms with Crippen molar-refractivity contribution in [2.45, 2.75) is 105 Å². The molecule has 6 atom stereocenters. The summed E-state index contributed by atoms with van der Waals surface area (Å²) in [7, 11) is 0. The third-order valence-electron chi connectivity index (χ3n) is 6.79. The summed E-state index contributed by atoms with van der Waals surface area (Å²) in [6.45, 7) is 18.3. The molecule has 1 saturated carbocycles. The zero-order valence-corrected chi connectivity index (χ0v) is 18.0. The van der Waals surface area contributed by atoms with E-state index in [1.54, 1.807) is 5.57 Å². The first-order chi connectivity index (χ1) is 12.0. The van der Waals surface area contributed by atoms with Crippen LogP contribution in [0.3, 0.4) is 0 Å². The zero-order chi connectivity index (χ0) is 18.8. The topological polar surface area (TPSA) is 12.0 Å². The molecule has 146 valence electrons. The van der Waals surface area contributed by atoms with E-state index in [1.807, 2.05) is 0 Å². The lowest BCUT2D eigenvalue weighted by molar-refractivity contribution is 0.205. The summed E-state index contributed by atoms with van der Waals surface area (Å²) in [6, 6.07) is 1.02. The van der Waals surface area contributed by atoms with Crippen molar-refractivity contribution in [1.82, 2.24) is 5.32 Å². The highest BCUT2D eigenvalue weighted by molar-refractivity contribution is 5.10. The normalized spacial score (nSPS) is 27.7. The fourth-order valence-electron chi connectivity index (χ4n) is 4.77. The van der Waals surface area contributed by atoms with Crippen LogP contribution in [0, 0.1) is 23.7 Å². The van der Waals surface area contributed by atoms with Crippen LogP contribution in [-0.4, -0.2) is 12.1 Å². The van der Waals surface area contributed by atoms with Gasteiger partial charge in [0.15, 0.2) is 0 Å². The van der Waals surface area contributed by atoms with Gasteiger partial charge in [-0.15, -0.1) is 6.58 Å². The molecule has 0 aromatic rings. The molecule has 0 aromatic heterocycles. The molecule has 0 saturated heterocycles. The van der Waals surface area contributed by atoms with E-state index in [1.165, 1.54) is 51.4 Å². The van der Waals surface area contributed by atoms with E-state index in [9.17, 15) is 0 Å². The molecule has 1 aliphatic carbocycles. The molecule has 1 nitrogen and oxygen atoms in total. The molecule has 1 heteroatoms. The summed E-state index contributed by atoms with van der Waals surface area (Å²) in [6.07, 6.45) is 15.3. The Kier molecular flexibility index (Phi) is 10.7. The van der Waals surface area contributed by atoms with Crippen LogP contribution >= 0.6 is 0 Å².